The number of hydrogen-bond acceptors (Lipinski definition) is 7. The SMILES string of the molecule is Cc1ccn(-c2ccc(-c3nnc(OC4CC5C(F)C(F)C(F)C(C4F)N5C)s3)c(O)c2)n1. The number of halogens is 4. The summed E-state index contributed by atoms with van der Waals surface area (Å²) in [6.45, 7) is 1.85. The number of ether oxygens (including phenoxy) is 1. The van der Waals surface area contributed by atoms with Crippen molar-refractivity contribution in [2.24, 2.45) is 0 Å². The van der Waals surface area contributed by atoms with Crippen LogP contribution in [0.25, 0.3) is 16.3 Å². The zero-order valence-corrected chi connectivity index (χ0v) is 18.5. The van der Waals surface area contributed by atoms with E-state index in [0.717, 1.165) is 17.0 Å². The van der Waals surface area contributed by atoms with E-state index in [2.05, 4.69) is 15.3 Å². The molecular formula is C21H21F4N5O2S. The Kier molecular flexibility index (Phi) is 5.52. The Bertz CT molecular complexity index is 1160. The van der Waals surface area contributed by atoms with E-state index in [9.17, 15) is 18.3 Å². The molecule has 0 saturated carbocycles. The van der Waals surface area contributed by atoms with E-state index in [0.29, 0.717) is 16.3 Å². The number of nitrogens with zero attached hydrogens (tertiary/aromatic N) is 5. The lowest BCUT2D eigenvalue weighted by molar-refractivity contribution is -0.148. The first-order valence-electron chi connectivity index (χ1n) is 10.4. The molecule has 12 heteroatoms. The topological polar surface area (TPSA) is 76.3 Å². The number of piperidine rings is 2. The summed E-state index contributed by atoms with van der Waals surface area (Å²) in [6, 6.07) is 4.31. The van der Waals surface area contributed by atoms with Crippen molar-refractivity contribution in [2.75, 3.05) is 7.05 Å². The zero-order valence-electron chi connectivity index (χ0n) is 17.6. The van der Waals surface area contributed by atoms with Crippen LogP contribution < -0.4 is 4.74 Å². The predicted molar refractivity (Wildman–Crippen MR) is 113 cm³/mol. The molecule has 33 heavy (non-hydrogen) atoms. The van der Waals surface area contributed by atoms with Gasteiger partial charge < -0.3 is 9.84 Å². The molecule has 2 aromatic heterocycles. The zero-order chi connectivity index (χ0) is 23.4. The first kappa shape index (κ1) is 22.1. The van der Waals surface area contributed by atoms with Gasteiger partial charge in [0.05, 0.1) is 23.0 Å². The van der Waals surface area contributed by atoms with Gasteiger partial charge in [-0.25, -0.2) is 22.2 Å². The van der Waals surface area contributed by atoms with Crippen molar-refractivity contribution in [1.82, 2.24) is 24.9 Å². The Morgan fingerprint density at radius 3 is 2.55 bits per heavy atom. The average Bonchev–Trinajstić information content (AvgIpc) is 3.43. The molecule has 7 nitrogen and oxygen atoms in total. The lowest BCUT2D eigenvalue weighted by atomic mass is 9.79. The summed E-state index contributed by atoms with van der Waals surface area (Å²) >= 11 is 0.964. The third-order valence-electron chi connectivity index (χ3n) is 6.31. The molecule has 2 bridgehead atoms. The number of benzene rings is 1. The fourth-order valence-electron chi connectivity index (χ4n) is 4.54. The smallest absolute Gasteiger partial charge is 0.294 e. The molecule has 1 N–H and O–H groups in total. The van der Waals surface area contributed by atoms with Crippen LogP contribution in [0.15, 0.2) is 30.5 Å². The van der Waals surface area contributed by atoms with Crippen LogP contribution in [0.1, 0.15) is 12.1 Å². The Labute approximate surface area is 190 Å². The second-order valence-electron chi connectivity index (χ2n) is 8.37. The summed E-state index contributed by atoms with van der Waals surface area (Å²) in [5, 5.41) is 23.0. The van der Waals surface area contributed by atoms with Crippen LogP contribution in [0.4, 0.5) is 17.6 Å². The molecule has 0 radical (unpaired) electrons. The number of aromatic hydroxyl groups is 1. The second kappa shape index (κ2) is 8.24. The van der Waals surface area contributed by atoms with Crippen molar-refractivity contribution in [3.05, 3.63) is 36.2 Å². The van der Waals surface area contributed by atoms with Crippen molar-refractivity contribution in [2.45, 2.75) is 56.2 Å². The molecule has 3 aromatic rings. The monoisotopic (exact) mass is 483 g/mol. The fourth-order valence-corrected chi connectivity index (χ4v) is 5.33. The highest BCUT2D eigenvalue weighted by atomic mass is 32.1. The standard InChI is InChI=1S/C21H21F4N5O2S/c1-9-5-6-30(28-9)10-3-4-11(13(31)7-10)20-26-27-21(33-20)32-14-8-12-15(22)17(24)18(25)19(16(14)23)29(12)2/h3-7,12,14-19,31H,8H2,1-2H3. The van der Waals surface area contributed by atoms with Crippen molar-refractivity contribution in [3.63, 3.8) is 0 Å². The van der Waals surface area contributed by atoms with E-state index in [1.807, 2.05) is 13.0 Å². The molecule has 1 aromatic carbocycles. The van der Waals surface area contributed by atoms with Gasteiger partial charge in [-0.2, -0.15) is 5.10 Å². The minimum atomic E-state index is -2.36. The maximum atomic E-state index is 15.0. The van der Waals surface area contributed by atoms with Crippen LogP contribution in [0, 0.1) is 6.92 Å². The quantitative estimate of drug-likeness (QED) is 0.572. The molecule has 2 aliphatic heterocycles. The molecular weight excluding hydrogens is 462 g/mol. The fraction of sp³-hybridized carbons (Fsp3) is 0.476. The number of aromatic nitrogens is 4. The minimum absolute atomic E-state index is 0.00549. The van der Waals surface area contributed by atoms with E-state index < -0.39 is 42.9 Å². The Hall–Kier alpha value is -2.73. The summed E-state index contributed by atoms with van der Waals surface area (Å²) in [6.07, 6.45) is -8.17. The van der Waals surface area contributed by atoms with Crippen LogP contribution in [-0.2, 0) is 0 Å². The summed E-state index contributed by atoms with van der Waals surface area (Å²) < 4.78 is 64.8. The van der Waals surface area contributed by atoms with Crippen LogP contribution >= 0.6 is 11.3 Å². The third-order valence-corrected chi connectivity index (χ3v) is 7.16. The molecule has 7 atom stereocenters. The van der Waals surface area contributed by atoms with Gasteiger partial charge >= 0.3 is 0 Å². The van der Waals surface area contributed by atoms with E-state index >= 15 is 4.39 Å². The number of rotatable bonds is 4. The molecule has 7 unspecified atom stereocenters. The van der Waals surface area contributed by atoms with Gasteiger partial charge in [-0.05, 0) is 32.2 Å². The molecule has 0 aliphatic carbocycles. The summed E-state index contributed by atoms with van der Waals surface area (Å²) in [5.74, 6) is -0.0601. The number of phenolic OH excluding ortho intramolecular Hbond substituents is 1. The maximum absolute atomic E-state index is 15.0. The molecule has 5 rings (SSSR count). The van der Waals surface area contributed by atoms with Gasteiger partial charge in [0.15, 0.2) is 23.5 Å². The van der Waals surface area contributed by atoms with E-state index in [4.69, 9.17) is 4.74 Å². The van der Waals surface area contributed by atoms with Crippen LogP contribution in [0.2, 0.25) is 0 Å². The van der Waals surface area contributed by atoms with E-state index in [1.165, 1.54) is 18.0 Å². The third kappa shape index (κ3) is 3.74. The molecule has 0 amide bonds. The van der Waals surface area contributed by atoms with Crippen LogP contribution in [-0.4, -0.2) is 79.9 Å². The number of phenols is 1. The molecule has 2 aliphatic rings. The second-order valence-corrected chi connectivity index (χ2v) is 9.31. The number of alkyl halides is 4. The van der Waals surface area contributed by atoms with Gasteiger partial charge in [-0.3, -0.25) is 4.90 Å². The van der Waals surface area contributed by atoms with Gasteiger partial charge in [-0.15, -0.1) is 5.10 Å². The van der Waals surface area contributed by atoms with Crippen molar-refractivity contribution < 1.29 is 27.4 Å². The first-order valence-corrected chi connectivity index (χ1v) is 11.2. The Morgan fingerprint density at radius 1 is 1.06 bits per heavy atom. The van der Waals surface area contributed by atoms with Gasteiger partial charge in [-0.1, -0.05) is 16.4 Å². The van der Waals surface area contributed by atoms with Gasteiger partial charge in [0.1, 0.15) is 18.0 Å². The van der Waals surface area contributed by atoms with Gasteiger partial charge in [0, 0.05) is 24.7 Å². The molecule has 2 saturated heterocycles. The van der Waals surface area contributed by atoms with Crippen molar-refractivity contribution in [1.29, 1.82) is 0 Å². The van der Waals surface area contributed by atoms with Crippen LogP contribution in [0.5, 0.6) is 10.9 Å². The highest BCUT2D eigenvalue weighted by molar-refractivity contribution is 7.16. The Morgan fingerprint density at radius 2 is 1.85 bits per heavy atom. The lowest BCUT2D eigenvalue weighted by Gasteiger charge is -2.51. The normalized spacial score (nSPS) is 32.1. The van der Waals surface area contributed by atoms with E-state index in [1.54, 1.807) is 23.0 Å². The summed E-state index contributed by atoms with van der Waals surface area (Å²) in [7, 11) is 1.39. The van der Waals surface area contributed by atoms with Gasteiger partial charge in [0.25, 0.3) is 5.19 Å². The highest BCUT2D eigenvalue weighted by Gasteiger charge is 2.58. The average molecular weight is 483 g/mol. The summed E-state index contributed by atoms with van der Waals surface area (Å²) in [4.78, 5) is 1.22. The maximum Gasteiger partial charge on any atom is 0.294 e. The Balaban J connectivity index is 1.34. The van der Waals surface area contributed by atoms with Crippen molar-refractivity contribution >= 4 is 11.3 Å². The predicted octanol–water partition coefficient (Wildman–Crippen LogP) is 3.59. The number of fused-ring (bicyclic) bond motifs is 2. The molecule has 176 valence electrons. The molecule has 2 fully saturated rings. The van der Waals surface area contributed by atoms with Gasteiger partial charge in [0.2, 0.25) is 0 Å². The highest BCUT2D eigenvalue weighted by Crippen LogP contribution is 2.41. The van der Waals surface area contributed by atoms with E-state index in [-0.39, 0.29) is 17.4 Å². The number of aryl methyl sites for hydroxylation is 1. The van der Waals surface area contributed by atoms with Crippen molar-refractivity contribution in [3.8, 4) is 27.2 Å². The van der Waals surface area contributed by atoms with Crippen LogP contribution in [0.3, 0.4) is 0 Å². The first-order chi connectivity index (χ1) is 15.7. The molecule has 4 heterocycles. The minimum Gasteiger partial charge on any atom is -0.507 e. The lowest BCUT2D eigenvalue weighted by Crippen LogP contribution is -2.70. The largest absolute Gasteiger partial charge is 0.507 e. The number of hydrogen-bond donors (Lipinski definition) is 1. The summed E-state index contributed by atoms with van der Waals surface area (Å²) in [5.41, 5.74) is 1.87. The molecule has 0 spiro atoms.